The smallest absolute Gasteiger partial charge is 0.173 e. The number of benzene rings is 2. The molecule has 6 heteroatoms. The fraction of sp³-hybridized carbons (Fsp3) is 0.176. The van der Waals surface area contributed by atoms with Crippen LogP contribution in [0.15, 0.2) is 47.6 Å². The van der Waals surface area contributed by atoms with Crippen molar-refractivity contribution in [3.05, 3.63) is 58.6 Å². The zero-order valence-electron chi connectivity index (χ0n) is 12.7. The fourth-order valence-corrected chi connectivity index (χ4v) is 3.27. The molecule has 0 radical (unpaired) electrons. The molecule has 0 N–H and O–H groups in total. The Morgan fingerprint density at radius 3 is 2.61 bits per heavy atom. The van der Waals surface area contributed by atoms with Crippen molar-refractivity contribution in [3.8, 4) is 0 Å². The maximum absolute atomic E-state index is 12.2. The molecule has 0 fully saturated rings. The summed E-state index contributed by atoms with van der Waals surface area (Å²) < 4.78 is 2.02. The lowest BCUT2D eigenvalue weighted by atomic mass is 10.1. The molecule has 0 bridgehead atoms. The number of halogens is 2. The summed E-state index contributed by atoms with van der Waals surface area (Å²) >= 11 is 7.29. The Labute approximate surface area is 154 Å². The van der Waals surface area contributed by atoms with Crippen LogP contribution in [0.3, 0.4) is 0 Å². The predicted molar refractivity (Wildman–Crippen MR) is 102 cm³/mol. The van der Waals surface area contributed by atoms with Gasteiger partial charge in [0.1, 0.15) is 0 Å². The Balaban J connectivity index is 0.00000192. The number of Topliss-reactive ketones (excluding diaryl/α,β-unsaturated/α-hetero) is 1. The van der Waals surface area contributed by atoms with Gasteiger partial charge in [-0.1, -0.05) is 29.4 Å². The van der Waals surface area contributed by atoms with Gasteiger partial charge in [-0.3, -0.25) is 4.79 Å². The number of hydrogen-bond donors (Lipinski definition) is 0. The second-order valence-corrected chi connectivity index (χ2v) is 6.54. The maximum atomic E-state index is 12.2. The second-order valence-electron chi connectivity index (χ2n) is 5.16. The molecule has 0 aliphatic carbocycles. The highest BCUT2D eigenvalue weighted by Gasteiger charge is 2.12. The summed E-state index contributed by atoms with van der Waals surface area (Å²) in [7, 11) is 1.97. The van der Waals surface area contributed by atoms with Gasteiger partial charge in [-0.2, -0.15) is 0 Å². The van der Waals surface area contributed by atoms with E-state index < -0.39 is 0 Å². The van der Waals surface area contributed by atoms with Crippen molar-refractivity contribution in [1.82, 2.24) is 9.55 Å². The maximum Gasteiger partial charge on any atom is 0.173 e. The van der Waals surface area contributed by atoms with Gasteiger partial charge in [-0.25, -0.2) is 4.98 Å². The van der Waals surface area contributed by atoms with E-state index in [0.29, 0.717) is 16.3 Å². The average Bonchev–Trinajstić information content (AvgIpc) is 2.81. The number of thioether (sulfide) groups is 1. The molecule has 0 saturated carbocycles. The molecule has 120 valence electrons. The number of carbonyl (C=O) groups is 1. The van der Waals surface area contributed by atoms with E-state index in [1.54, 1.807) is 24.3 Å². The van der Waals surface area contributed by atoms with Crippen LogP contribution in [0.2, 0.25) is 5.02 Å². The van der Waals surface area contributed by atoms with Gasteiger partial charge in [-0.15, -0.1) is 17.0 Å². The van der Waals surface area contributed by atoms with E-state index >= 15 is 0 Å². The van der Waals surface area contributed by atoms with E-state index in [1.807, 2.05) is 18.5 Å². The molecule has 0 amide bonds. The number of fused-ring (bicyclic) bond motifs is 1. The molecule has 3 rings (SSSR count). The molecule has 0 aliphatic rings. The van der Waals surface area contributed by atoms with Gasteiger partial charge in [0, 0.05) is 17.6 Å². The Morgan fingerprint density at radius 1 is 1.22 bits per heavy atom. The molecule has 2 aromatic carbocycles. The summed E-state index contributed by atoms with van der Waals surface area (Å²) in [5.74, 6) is 0.433. The first-order valence-electron chi connectivity index (χ1n) is 6.89. The molecule has 3 nitrogen and oxygen atoms in total. The molecular weight excluding hydrogens is 396 g/mol. The van der Waals surface area contributed by atoms with Crippen molar-refractivity contribution in [2.75, 3.05) is 5.75 Å². The molecule has 0 spiro atoms. The minimum Gasteiger partial charge on any atom is -0.322 e. The number of nitrogens with zero attached hydrogens (tertiary/aromatic N) is 2. The Morgan fingerprint density at radius 2 is 1.91 bits per heavy atom. The summed E-state index contributed by atoms with van der Waals surface area (Å²) in [6.45, 7) is 2.05. The first kappa shape index (κ1) is 18.0. The van der Waals surface area contributed by atoms with Crippen LogP contribution in [0.25, 0.3) is 11.0 Å². The number of hydrogen-bond acceptors (Lipinski definition) is 3. The lowest BCUT2D eigenvalue weighted by Gasteiger charge is -2.02. The monoisotopic (exact) mass is 410 g/mol. The van der Waals surface area contributed by atoms with Gasteiger partial charge < -0.3 is 4.57 Å². The molecule has 0 saturated heterocycles. The minimum atomic E-state index is 0. The van der Waals surface area contributed by atoms with Gasteiger partial charge in [0.05, 0.1) is 16.8 Å². The summed E-state index contributed by atoms with van der Waals surface area (Å²) in [6, 6.07) is 13.2. The Bertz CT molecular complexity index is 846. The lowest BCUT2D eigenvalue weighted by Crippen LogP contribution is -2.03. The van der Waals surface area contributed by atoms with Crippen molar-refractivity contribution in [1.29, 1.82) is 0 Å². The third-order valence-electron chi connectivity index (χ3n) is 3.49. The van der Waals surface area contributed by atoms with Crippen LogP contribution in [-0.4, -0.2) is 21.1 Å². The predicted octanol–water partition coefficient (Wildman–Crippen LogP) is 5.09. The first-order chi connectivity index (χ1) is 10.5. The molecule has 23 heavy (non-hydrogen) atoms. The second kappa shape index (κ2) is 7.51. The number of aromatic nitrogens is 2. The Hall–Kier alpha value is -1.30. The van der Waals surface area contributed by atoms with Crippen LogP contribution in [0.5, 0.6) is 0 Å². The van der Waals surface area contributed by atoms with Crippen LogP contribution in [0.1, 0.15) is 15.9 Å². The number of imidazole rings is 1. The minimum absolute atomic E-state index is 0. The van der Waals surface area contributed by atoms with Crippen LogP contribution >= 0.6 is 40.3 Å². The molecule has 0 aliphatic heterocycles. The van der Waals surface area contributed by atoms with Gasteiger partial charge >= 0.3 is 0 Å². The highest BCUT2D eigenvalue weighted by molar-refractivity contribution is 8.93. The van der Waals surface area contributed by atoms with E-state index in [0.717, 1.165) is 16.2 Å². The Kier molecular flexibility index (Phi) is 5.89. The molecule has 3 aromatic rings. The summed E-state index contributed by atoms with van der Waals surface area (Å²) in [5.41, 5.74) is 3.89. The van der Waals surface area contributed by atoms with E-state index in [-0.39, 0.29) is 22.8 Å². The summed E-state index contributed by atoms with van der Waals surface area (Å²) in [6.07, 6.45) is 0. The summed E-state index contributed by atoms with van der Waals surface area (Å²) in [5, 5.41) is 1.48. The lowest BCUT2D eigenvalue weighted by molar-refractivity contribution is 0.102. The zero-order valence-corrected chi connectivity index (χ0v) is 16.0. The topological polar surface area (TPSA) is 34.9 Å². The molecule has 0 atom stereocenters. The van der Waals surface area contributed by atoms with Crippen LogP contribution in [-0.2, 0) is 7.05 Å². The van der Waals surface area contributed by atoms with Gasteiger partial charge in [0.2, 0.25) is 0 Å². The van der Waals surface area contributed by atoms with Gasteiger partial charge in [0.25, 0.3) is 0 Å². The van der Waals surface area contributed by atoms with Gasteiger partial charge in [-0.05, 0) is 48.9 Å². The van der Waals surface area contributed by atoms with Crippen molar-refractivity contribution in [2.24, 2.45) is 7.05 Å². The van der Waals surface area contributed by atoms with E-state index in [9.17, 15) is 4.79 Å². The highest BCUT2D eigenvalue weighted by Crippen LogP contribution is 2.24. The van der Waals surface area contributed by atoms with Crippen molar-refractivity contribution < 1.29 is 4.79 Å². The number of rotatable bonds is 4. The number of carbonyl (C=O) groups excluding carboxylic acids is 1. The van der Waals surface area contributed by atoms with Crippen LogP contribution in [0, 0.1) is 6.92 Å². The van der Waals surface area contributed by atoms with Crippen molar-refractivity contribution in [3.63, 3.8) is 0 Å². The van der Waals surface area contributed by atoms with E-state index in [1.165, 1.54) is 17.3 Å². The molecule has 0 unspecified atom stereocenters. The zero-order chi connectivity index (χ0) is 15.7. The standard InChI is InChI=1S/C17H15ClN2OS.BrH/c1-11-3-8-15-14(9-11)19-17(20(15)2)22-10-16(21)12-4-6-13(18)7-5-12;/h3-9H,10H2,1-2H3;1H. The van der Waals surface area contributed by atoms with E-state index in [2.05, 4.69) is 23.2 Å². The highest BCUT2D eigenvalue weighted by atomic mass is 79.9. The van der Waals surface area contributed by atoms with E-state index in [4.69, 9.17) is 11.6 Å². The fourth-order valence-electron chi connectivity index (χ4n) is 2.27. The van der Waals surface area contributed by atoms with Gasteiger partial charge in [0.15, 0.2) is 10.9 Å². The SMILES string of the molecule is Br.Cc1ccc2c(c1)nc(SCC(=O)c1ccc(Cl)cc1)n2C. The largest absolute Gasteiger partial charge is 0.322 e. The molecular formula is C17H16BrClN2OS. The third kappa shape index (κ3) is 3.97. The summed E-state index contributed by atoms with van der Waals surface area (Å²) in [4.78, 5) is 16.8. The average molecular weight is 412 g/mol. The third-order valence-corrected chi connectivity index (χ3v) is 4.78. The number of ketones is 1. The normalized spacial score (nSPS) is 10.6. The van der Waals surface area contributed by atoms with Crippen LogP contribution < -0.4 is 0 Å². The van der Waals surface area contributed by atoms with Crippen molar-refractivity contribution >= 4 is 57.2 Å². The number of aryl methyl sites for hydroxylation is 2. The van der Waals surface area contributed by atoms with Crippen LogP contribution in [0.4, 0.5) is 0 Å². The van der Waals surface area contributed by atoms with Crippen molar-refractivity contribution in [2.45, 2.75) is 12.1 Å². The first-order valence-corrected chi connectivity index (χ1v) is 8.25. The molecule has 1 heterocycles. The quantitative estimate of drug-likeness (QED) is 0.443. The molecule has 1 aromatic heterocycles.